The van der Waals surface area contributed by atoms with Crippen LogP contribution >= 0.6 is 0 Å². The number of aliphatic imine (C=N–C) groups is 1. The Morgan fingerprint density at radius 2 is 2.08 bits per heavy atom. The van der Waals surface area contributed by atoms with Gasteiger partial charge < -0.3 is 20.3 Å². The fourth-order valence-electron chi connectivity index (χ4n) is 3.19. The lowest BCUT2D eigenvalue weighted by Crippen LogP contribution is -2.44. The third kappa shape index (κ3) is 7.20. The fourth-order valence-corrected chi connectivity index (χ4v) is 3.19. The van der Waals surface area contributed by atoms with Crippen LogP contribution in [0, 0.1) is 11.7 Å². The van der Waals surface area contributed by atoms with E-state index >= 15 is 0 Å². The van der Waals surface area contributed by atoms with Crippen molar-refractivity contribution >= 4 is 5.96 Å². The molecule has 1 fully saturated rings. The molecule has 26 heavy (non-hydrogen) atoms. The van der Waals surface area contributed by atoms with Crippen molar-refractivity contribution in [3.8, 4) is 5.75 Å². The molecule has 1 aliphatic heterocycles. The molecule has 2 N–H and O–H groups in total. The van der Waals surface area contributed by atoms with Gasteiger partial charge in [0.05, 0.1) is 6.54 Å². The SMILES string of the molecule is CCNC(=NCC(C)Oc1ccc(F)cc1)NCC1CCCN(CC)C1. The van der Waals surface area contributed by atoms with Gasteiger partial charge in [-0.1, -0.05) is 6.92 Å². The minimum Gasteiger partial charge on any atom is -0.489 e. The number of likely N-dealkylation sites (tertiary alicyclic amines) is 1. The van der Waals surface area contributed by atoms with Gasteiger partial charge in [0.1, 0.15) is 17.7 Å². The highest BCUT2D eigenvalue weighted by Gasteiger charge is 2.18. The number of nitrogens with zero attached hydrogens (tertiary/aromatic N) is 2. The van der Waals surface area contributed by atoms with Gasteiger partial charge in [0.15, 0.2) is 5.96 Å². The van der Waals surface area contributed by atoms with Crippen LogP contribution in [0.1, 0.15) is 33.6 Å². The highest BCUT2D eigenvalue weighted by atomic mass is 19.1. The first-order valence-electron chi connectivity index (χ1n) is 9.77. The van der Waals surface area contributed by atoms with Crippen LogP contribution < -0.4 is 15.4 Å². The topological polar surface area (TPSA) is 48.9 Å². The molecule has 0 aliphatic carbocycles. The number of hydrogen-bond acceptors (Lipinski definition) is 3. The molecular formula is C20H33FN4O. The van der Waals surface area contributed by atoms with Crippen molar-refractivity contribution in [1.29, 1.82) is 0 Å². The van der Waals surface area contributed by atoms with Gasteiger partial charge in [0, 0.05) is 19.6 Å². The minimum atomic E-state index is -0.258. The van der Waals surface area contributed by atoms with Crippen LogP contribution in [0.15, 0.2) is 29.3 Å². The van der Waals surface area contributed by atoms with Gasteiger partial charge in [-0.15, -0.1) is 0 Å². The zero-order chi connectivity index (χ0) is 18.8. The summed E-state index contributed by atoms with van der Waals surface area (Å²) >= 11 is 0. The Morgan fingerprint density at radius 1 is 1.31 bits per heavy atom. The van der Waals surface area contributed by atoms with Crippen molar-refractivity contribution in [3.05, 3.63) is 30.1 Å². The van der Waals surface area contributed by atoms with E-state index in [-0.39, 0.29) is 11.9 Å². The second kappa shape index (κ2) is 11.0. The molecule has 0 aromatic heterocycles. The van der Waals surface area contributed by atoms with E-state index in [2.05, 4.69) is 34.4 Å². The van der Waals surface area contributed by atoms with E-state index in [1.54, 1.807) is 12.1 Å². The first-order valence-corrected chi connectivity index (χ1v) is 9.77. The molecular weight excluding hydrogens is 331 g/mol. The summed E-state index contributed by atoms with van der Waals surface area (Å²) in [5.41, 5.74) is 0. The van der Waals surface area contributed by atoms with E-state index in [9.17, 15) is 4.39 Å². The number of ether oxygens (including phenoxy) is 1. The predicted octanol–water partition coefficient (Wildman–Crippen LogP) is 2.88. The smallest absolute Gasteiger partial charge is 0.191 e. The average molecular weight is 365 g/mol. The van der Waals surface area contributed by atoms with Gasteiger partial charge in [0.25, 0.3) is 0 Å². The van der Waals surface area contributed by atoms with Gasteiger partial charge in [0.2, 0.25) is 0 Å². The Labute approximate surface area is 157 Å². The lowest BCUT2D eigenvalue weighted by Gasteiger charge is -2.32. The standard InChI is InChI=1S/C20H33FN4O/c1-4-22-20(24-14-17-7-6-12-25(5-2)15-17)23-13-16(3)26-19-10-8-18(21)9-11-19/h8-11,16-17H,4-7,12-15H2,1-3H3,(H2,22,23,24). The van der Waals surface area contributed by atoms with Crippen molar-refractivity contribution in [2.45, 2.75) is 39.7 Å². The second-order valence-corrected chi connectivity index (χ2v) is 6.88. The van der Waals surface area contributed by atoms with Crippen LogP contribution in [0.3, 0.4) is 0 Å². The van der Waals surface area contributed by atoms with Crippen LogP contribution in [-0.2, 0) is 0 Å². The molecule has 2 rings (SSSR count). The molecule has 1 aromatic rings. The number of piperidine rings is 1. The molecule has 5 nitrogen and oxygen atoms in total. The Bertz CT molecular complexity index is 549. The second-order valence-electron chi connectivity index (χ2n) is 6.88. The third-order valence-electron chi connectivity index (χ3n) is 4.61. The summed E-state index contributed by atoms with van der Waals surface area (Å²) in [6, 6.07) is 6.09. The Kier molecular flexibility index (Phi) is 8.68. The minimum absolute atomic E-state index is 0.0822. The van der Waals surface area contributed by atoms with Gasteiger partial charge >= 0.3 is 0 Å². The van der Waals surface area contributed by atoms with E-state index in [4.69, 9.17) is 4.74 Å². The van der Waals surface area contributed by atoms with E-state index in [0.29, 0.717) is 18.2 Å². The number of rotatable bonds is 8. The zero-order valence-corrected chi connectivity index (χ0v) is 16.3. The Morgan fingerprint density at radius 3 is 2.77 bits per heavy atom. The summed E-state index contributed by atoms with van der Waals surface area (Å²) in [5, 5.41) is 6.76. The first kappa shape index (κ1) is 20.5. The first-order chi connectivity index (χ1) is 12.6. The molecule has 1 aliphatic rings. The van der Waals surface area contributed by atoms with Gasteiger partial charge in [-0.25, -0.2) is 9.38 Å². The number of guanidine groups is 1. The van der Waals surface area contributed by atoms with E-state index in [0.717, 1.165) is 32.1 Å². The maximum absolute atomic E-state index is 13.0. The molecule has 0 amide bonds. The largest absolute Gasteiger partial charge is 0.489 e. The number of benzene rings is 1. The summed E-state index contributed by atoms with van der Waals surface area (Å²) in [5.74, 6) is 1.90. The lowest BCUT2D eigenvalue weighted by atomic mass is 9.98. The summed E-state index contributed by atoms with van der Waals surface area (Å²) in [7, 11) is 0. The average Bonchev–Trinajstić information content (AvgIpc) is 2.66. The van der Waals surface area contributed by atoms with Crippen LogP contribution in [0.25, 0.3) is 0 Å². The Hall–Kier alpha value is -1.82. The normalized spacial score (nSPS) is 19.8. The molecule has 1 saturated heterocycles. The highest BCUT2D eigenvalue weighted by Crippen LogP contribution is 2.15. The predicted molar refractivity (Wildman–Crippen MR) is 105 cm³/mol. The zero-order valence-electron chi connectivity index (χ0n) is 16.3. The fraction of sp³-hybridized carbons (Fsp3) is 0.650. The van der Waals surface area contributed by atoms with Crippen molar-refractivity contribution < 1.29 is 9.13 Å². The third-order valence-corrected chi connectivity index (χ3v) is 4.61. The summed E-state index contributed by atoms with van der Waals surface area (Å²) in [6.07, 6.45) is 2.46. The summed E-state index contributed by atoms with van der Waals surface area (Å²) in [6.45, 7) is 12.1. The van der Waals surface area contributed by atoms with Crippen LogP contribution in [0.5, 0.6) is 5.75 Å². The quantitative estimate of drug-likeness (QED) is 0.550. The monoisotopic (exact) mass is 364 g/mol. The molecule has 2 unspecified atom stereocenters. The van der Waals surface area contributed by atoms with E-state index in [1.807, 2.05) is 6.92 Å². The Balaban J connectivity index is 1.80. The van der Waals surface area contributed by atoms with Crippen molar-refractivity contribution in [2.75, 3.05) is 39.3 Å². The van der Waals surface area contributed by atoms with Crippen LogP contribution in [0.2, 0.25) is 0 Å². The van der Waals surface area contributed by atoms with Crippen LogP contribution in [0.4, 0.5) is 4.39 Å². The molecule has 146 valence electrons. The molecule has 0 spiro atoms. The van der Waals surface area contributed by atoms with Crippen molar-refractivity contribution in [1.82, 2.24) is 15.5 Å². The maximum Gasteiger partial charge on any atom is 0.191 e. The van der Waals surface area contributed by atoms with Gasteiger partial charge in [-0.2, -0.15) is 0 Å². The number of hydrogen-bond donors (Lipinski definition) is 2. The molecule has 0 bridgehead atoms. The van der Waals surface area contributed by atoms with E-state index in [1.165, 1.54) is 31.5 Å². The van der Waals surface area contributed by atoms with E-state index < -0.39 is 0 Å². The molecule has 2 atom stereocenters. The molecule has 1 heterocycles. The lowest BCUT2D eigenvalue weighted by molar-refractivity contribution is 0.183. The molecule has 1 aromatic carbocycles. The summed E-state index contributed by atoms with van der Waals surface area (Å²) < 4.78 is 18.7. The highest BCUT2D eigenvalue weighted by molar-refractivity contribution is 5.79. The molecule has 0 radical (unpaired) electrons. The van der Waals surface area contributed by atoms with Crippen molar-refractivity contribution in [3.63, 3.8) is 0 Å². The summed E-state index contributed by atoms with van der Waals surface area (Å²) in [4.78, 5) is 7.14. The van der Waals surface area contributed by atoms with Gasteiger partial charge in [-0.05, 0) is 70.0 Å². The van der Waals surface area contributed by atoms with Crippen molar-refractivity contribution in [2.24, 2.45) is 10.9 Å². The van der Waals surface area contributed by atoms with Gasteiger partial charge in [-0.3, -0.25) is 0 Å². The van der Waals surface area contributed by atoms with Crippen LogP contribution in [-0.4, -0.2) is 56.2 Å². The number of nitrogens with one attached hydrogen (secondary N) is 2. The molecule has 0 saturated carbocycles. The molecule has 6 heteroatoms. The maximum atomic E-state index is 13.0. The number of halogens is 1.